The molecule has 0 amide bonds. The number of ether oxygens (including phenoxy) is 3. The molecule has 1 aliphatic heterocycles. The monoisotopic (exact) mass is 479 g/mol. The van der Waals surface area contributed by atoms with Gasteiger partial charge in [0.25, 0.3) is 0 Å². The summed E-state index contributed by atoms with van der Waals surface area (Å²) in [5.41, 5.74) is 3.26. The maximum atomic E-state index is 5.71. The van der Waals surface area contributed by atoms with Gasteiger partial charge < -0.3 is 24.5 Å². The fourth-order valence-corrected chi connectivity index (χ4v) is 4.55. The SMILES string of the molecule is COc1ccccc1C1(Cc2cnc(-c3cccc(OC)c3OC)[nH]2)CCNCC1.Cl.Cl. The van der Waals surface area contributed by atoms with Crippen LogP contribution >= 0.6 is 24.8 Å². The number of nitrogens with one attached hydrogen (secondary N) is 2. The van der Waals surface area contributed by atoms with Gasteiger partial charge in [0.2, 0.25) is 0 Å². The highest BCUT2D eigenvalue weighted by Crippen LogP contribution is 2.42. The Balaban J connectivity index is 0.00000181. The van der Waals surface area contributed by atoms with Crippen molar-refractivity contribution < 1.29 is 14.2 Å². The molecule has 174 valence electrons. The normalized spacial score (nSPS) is 14.6. The summed E-state index contributed by atoms with van der Waals surface area (Å²) in [6.45, 7) is 1.98. The minimum atomic E-state index is 0. The van der Waals surface area contributed by atoms with Crippen molar-refractivity contribution in [3.8, 4) is 28.6 Å². The summed E-state index contributed by atoms with van der Waals surface area (Å²) >= 11 is 0. The second-order valence-corrected chi connectivity index (χ2v) is 7.71. The summed E-state index contributed by atoms with van der Waals surface area (Å²) in [5.74, 6) is 3.11. The van der Waals surface area contributed by atoms with E-state index in [4.69, 9.17) is 14.2 Å². The van der Waals surface area contributed by atoms with Gasteiger partial charge in [0.05, 0.1) is 26.9 Å². The molecule has 6 nitrogen and oxygen atoms in total. The number of nitrogens with zero attached hydrogens (tertiary/aromatic N) is 1. The van der Waals surface area contributed by atoms with Gasteiger partial charge in [-0.1, -0.05) is 24.3 Å². The van der Waals surface area contributed by atoms with Crippen molar-refractivity contribution >= 4 is 24.8 Å². The van der Waals surface area contributed by atoms with Crippen molar-refractivity contribution in [2.75, 3.05) is 34.4 Å². The van der Waals surface area contributed by atoms with Gasteiger partial charge in [-0.2, -0.15) is 0 Å². The van der Waals surface area contributed by atoms with Gasteiger partial charge in [-0.3, -0.25) is 0 Å². The predicted octanol–water partition coefficient (Wildman–Crippen LogP) is 4.81. The Morgan fingerprint density at radius 2 is 1.56 bits per heavy atom. The van der Waals surface area contributed by atoms with E-state index in [0.717, 1.165) is 55.2 Å². The molecule has 0 spiro atoms. The first kappa shape index (κ1) is 25.8. The van der Waals surface area contributed by atoms with Crippen molar-refractivity contribution in [2.45, 2.75) is 24.7 Å². The van der Waals surface area contributed by atoms with Gasteiger partial charge in [0, 0.05) is 22.9 Å². The molecule has 0 radical (unpaired) electrons. The summed E-state index contributed by atoms with van der Waals surface area (Å²) in [6.07, 6.45) is 4.90. The number of hydrogen-bond acceptors (Lipinski definition) is 5. The number of rotatable bonds is 7. The molecule has 32 heavy (non-hydrogen) atoms. The number of hydrogen-bond donors (Lipinski definition) is 2. The Morgan fingerprint density at radius 3 is 2.25 bits per heavy atom. The molecule has 0 unspecified atom stereocenters. The first-order valence-corrected chi connectivity index (χ1v) is 10.3. The standard InChI is InChI=1S/C24H29N3O3.2ClH/c1-28-20-9-5-4-8-19(20)24(11-13-25-14-12-24)15-17-16-26-23(27-17)18-7-6-10-21(29-2)22(18)30-3;;/h4-10,16,25H,11-15H2,1-3H3,(H,26,27);2*1H. The van der Waals surface area contributed by atoms with Crippen LogP contribution in [0.25, 0.3) is 11.4 Å². The number of halogens is 2. The number of benzene rings is 2. The Kier molecular flexibility index (Phi) is 9.25. The zero-order valence-corrected chi connectivity index (χ0v) is 20.3. The lowest BCUT2D eigenvalue weighted by atomic mass is 9.70. The third-order valence-electron chi connectivity index (χ3n) is 6.05. The minimum absolute atomic E-state index is 0. The molecule has 1 fully saturated rings. The van der Waals surface area contributed by atoms with Crippen LogP contribution in [0.5, 0.6) is 17.2 Å². The average molecular weight is 480 g/mol. The molecule has 0 saturated carbocycles. The van der Waals surface area contributed by atoms with Gasteiger partial charge in [-0.25, -0.2) is 4.98 Å². The van der Waals surface area contributed by atoms with E-state index in [2.05, 4.69) is 33.5 Å². The number of imidazole rings is 1. The second-order valence-electron chi connectivity index (χ2n) is 7.71. The molecule has 2 N–H and O–H groups in total. The number of methoxy groups -OCH3 is 3. The van der Waals surface area contributed by atoms with Gasteiger partial charge in [-0.05, 0) is 50.6 Å². The summed E-state index contributed by atoms with van der Waals surface area (Å²) in [6, 6.07) is 14.2. The van der Waals surface area contributed by atoms with E-state index in [1.54, 1.807) is 21.3 Å². The van der Waals surface area contributed by atoms with Crippen molar-refractivity contribution in [1.29, 1.82) is 0 Å². The maximum Gasteiger partial charge on any atom is 0.171 e. The highest BCUT2D eigenvalue weighted by atomic mass is 35.5. The Morgan fingerprint density at radius 1 is 0.875 bits per heavy atom. The van der Waals surface area contributed by atoms with Crippen LogP contribution in [0.4, 0.5) is 0 Å². The Labute approximate surface area is 201 Å². The maximum absolute atomic E-state index is 5.71. The fraction of sp³-hybridized carbons (Fsp3) is 0.375. The molecular weight excluding hydrogens is 449 g/mol. The van der Waals surface area contributed by atoms with Crippen LogP contribution in [0.15, 0.2) is 48.7 Å². The van der Waals surface area contributed by atoms with E-state index in [0.29, 0.717) is 11.5 Å². The molecule has 3 aromatic rings. The van der Waals surface area contributed by atoms with Gasteiger partial charge in [-0.15, -0.1) is 24.8 Å². The summed E-state index contributed by atoms with van der Waals surface area (Å²) in [7, 11) is 5.04. The van der Waals surface area contributed by atoms with Crippen LogP contribution in [0.1, 0.15) is 24.1 Å². The van der Waals surface area contributed by atoms with E-state index >= 15 is 0 Å². The van der Waals surface area contributed by atoms with Crippen molar-refractivity contribution in [3.63, 3.8) is 0 Å². The molecule has 1 saturated heterocycles. The number of aromatic amines is 1. The molecule has 1 aromatic heterocycles. The lowest BCUT2D eigenvalue weighted by Crippen LogP contribution is -2.41. The second kappa shape index (κ2) is 11.5. The largest absolute Gasteiger partial charge is 0.496 e. The third-order valence-corrected chi connectivity index (χ3v) is 6.05. The topological polar surface area (TPSA) is 68.4 Å². The van der Waals surface area contributed by atoms with Crippen molar-refractivity contribution in [1.82, 2.24) is 15.3 Å². The smallest absolute Gasteiger partial charge is 0.171 e. The van der Waals surface area contributed by atoms with Crippen LogP contribution in [0, 0.1) is 0 Å². The van der Waals surface area contributed by atoms with Gasteiger partial charge in [0.15, 0.2) is 11.5 Å². The number of para-hydroxylation sites is 2. The van der Waals surface area contributed by atoms with Gasteiger partial charge >= 0.3 is 0 Å². The number of aromatic nitrogens is 2. The minimum Gasteiger partial charge on any atom is -0.496 e. The molecule has 8 heteroatoms. The van der Waals surface area contributed by atoms with E-state index in [1.807, 2.05) is 30.5 Å². The number of H-pyrrole nitrogens is 1. The molecule has 1 aliphatic rings. The zero-order valence-electron chi connectivity index (χ0n) is 18.6. The highest BCUT2D eigenvalue weighted by Gasteiger charge is 2.37. The molecule has 0 atom stereocenters. The van der Waals surface area contributed by atoms with Crippen LogP contribution in [0.2, 0.25) is 0 Å². The van der Waals surface area contributed by atoms with E-state index < -0.39 is 0 Å². The molecule has 0 bridgehead atoms. The summed E-state index contributed by atoms with van der Waals surface area (Å²) < 4.78 is 16.7. The fourth-order valence-electron chi connectivity index (χ4n) is 4.55. The van der Waals surface area contributed by atoms with E-state index in [1.165, 1.54) is 5.56 Å². The Hall–Kier alpha value is -2.41. The quantitative estimate of drug-likeness (QED) is 0.508. The third kappa shape index (κ3) is 4.98. The lowest BCUT2D eigenvalue weighted by Gasteiger charge is -2.38. The molecule has 2 aromatic carbocycles. The van der Waals surface area contributed by atoms with Crippen LogP contribution in [-0.4, -0.2) is 44.4 Å². The summed E-state index contributed by atoms with van der Waals surface area (Å²) in [5, 5.41) is 3.49. The molecular formula is C24H31Cl2N3O3. The first-order chi connectivity index (χ1) is 14.7. The molecule has 0 aliphatic carbocycles. The van der Waals surface area contributed by atoms with Crippen molar-refractivity contribution in [2.24, 2.45) is 0 Å². The average Bonchev–Trinajstić information content (AvgIpc) is 3.27. The number of piperidine rings is 1. The van der Waals surface area contributed by atoms with Crippen molar-refractivity contribution in [3.05, 3.63) is 59.9 Å². The lowest BCUT2D eigenvalue weighted by molar-refractivity contribution is 0.289. The summed E-state index contributed by atoms with van der Waals surface area (Å²) in [4.78, 5) is 8.19. The first-order valence-electron chi connectivity index (χ1n) is 10.3. The van der Waals surface area contributed by atoms with Gasteiger partial charge in [0.1, 0.15) is 11.6 Å². The van der Waals surface area contributed by atoms with Crippen LogP contribution in [0.3, 0.4) is 0 Å². The zero-order chi connectivity index (χ0) is 21.0. The predicted molar refractivity (Wildman–Crippen MR) is 132 cm³/mol. The van der Waals surface area contributed by atoms with Crippen LogP contribution in [-0.2, 0) is 11.8 Å². The van der Waals surface area contributed by atoms with Crippen LogP contribution < -0.4 is 19.5 Å². The van der Waals surface area contributed by atoms with E-state index in [-0.39, 0.29) is 30.2 Å². The molecule has 4 rings (SSSR count). The van der Waals surface area contributed by atoms with E-state index in [9.17, 15) is 0 Å². The molecule has 2 heterocycles. The highest BCUT2D eigenvalue weighted by molar-refractivity contribution is 5.85. The Bertz CT molecular complexity index is 1000.